The Morgan fingerprint density at radius 2 is 2.50 bits per heavy atom. The Kier molecular flexibility index (Phi) is 2.82. The molecule has 0 aliphatic carbocycles. The molecule has 1 aliphatic heterocycles. The Labute approximate surface area is 85.7 Å². The molecular formula is C12H18N2. The molecule has 14 heavy (non-hydrogen) atoms. The average Bonchev–Trinajstić information content (AvgIpc) is 2.69. The predicted molar refractivity (Wildman–Crippen MR) is 58.2 cm³/mol. The van der Waals surface area contributed by atoms with Crippen LogP contribution in [-0.2, 0) is 6.42 Å². The van der Waals surface area contributed by atoms with E-state index in [1.54, 1.807) is 0 Å². The van der Waals surface area contributed by atoms with Crippen molar-refractivity contribution < 1.29 is 0 Å². The molecule has 1 atom stereocenters. The molecule has 0 amide bonds. The third kappa shape index (κ3) is 1.95. The topological polar surface area (TPSA) is 24.9 Å². The molecule has 1 unspecified atom stereocenters. The third-order valence-electron chi connectivity index (χ3n) is 3.27. The first-order chi connectivity index (χ1) is 6.85. The zero-order chi connectivity index (χ0) is 9.86. The van der Waals surface area contributed by atoms with Gasteiger partial charge in [0, 0.05) is 17.9 Å². The number of aromatic nitrogens is 1. The molecule has 1 N–H and O–H groups in total. The van der Waals surface area contributed by atoms with Crippen LogP contribution in [0.3, 0.4) is 0 Å². The largest absolute Gasteiger partial charge is 0.311 e. The van der Waals surface area contributed by atoms with Crippen molar-refractivity contribution in [3.63, 3.8) is 0 Å². The van der Waals surface area contributed by atoms with Gasteiger partial charge in [-0.25, -0.2) is 0 Å². The first-order valence-electron chi connectivity index (χ1n) is 5.49. The number of nitrogens with zero attached hydrogens (tertiary/aromatic N) is 1. The number of pyridine rings is 1. The van der Waals surface area contributed by atoms with E-state index in [1.807, 2.05) is 18.5 Å². The second kappa shape index (κ2) is 4.09. The quantitative estimate of drug-likeness (QED) is 0.790. The van der Waals surface area contributed by atoms with E-state index in [0.29, 0.717) is 5.54 Å². The van der Waals surface area contributed by atoms with Gasteiger partial charge in [0.15, 0.2) is 0 Å². The Balaban J connectivity index is 2.08. The maximum atomic E-state index is 4.16. The lowest BCUT2D eigenvalue weighted by Crippen LogP contribution is -2.41. The van der Waals surface area contributed by atoms with Crippen molar-refractivity contribution >= 4 is 0 Å². The number of nitrogens with one attached hydrogen (secondary N) is 1. The van der Waals surface area contributed by atoms with E-state index in [2.05, 4.69) is 23.3 Å². The molecule has 0 bridgehead atoms. The lowest BCUT2D eigenvalue weighted by atomic mass is 9.87. The van der Waals surface area contributed by atoms with Gasteiger partial charge < -0.3 is 5.32 Å². The summed E-state index contributed by atoms with van der Waals surface area (Å²) in [7, 11) is 0. The van der Waals surface area contributed by atoms with E-state index in [1.165, 1.54) is 31.4 Å². The summed E-state index contributed by atoms with van der Waals surface area (Å²) in [5.74, 6) is 0. The molecular weight excluding hydrogens is 172 g/mol. The molecule has 1 aliphatic rings. The van der Waals surface area contributed by atoms with Crippen molar-refractivity contribution in [2.24, 2.45) is 0 Å². The van der Waals surface area contributed by atoms with Gasteiger partial charge in [-0.1, -0.05) is 13.0 Å². The van der Waals surface area contributed by atoms with Gasteiger partial charge in [0.1, 0.15) is 0 Å². The highest BCUT2D eigenvalue weighted by Gasteiger charge is 2.31. The molecule has 2 nitrogen and oxygen atoms in total. The lowest BCUT2D eigenvalue weighted by molar-refractivity contribution is 0.359. The molecule has 1 aromatic heterocycles. The van der Waals surface area contributed by atoms with Gasteiger partial charge in [-0.15, -0.1) is 0 Å². The molecule has 0 spiro atoms. The van der Waals surface area contributed by atoms with Crippen molar-refractivity contribution in [2.75, 3.05) is 6.54 Å². The fraction of sp³-hybridized carbons (Fsp3) is 0.583. The van der Waals surface area contributed by atoms with Crippen LogP contribution in [0.25, 0.3) is 0 Å². The van der Waals surface area contributed by atoms with Crippen LogP contribution in [0.1, 0.15) is 31.7 Å². The average molecular weight is 190 g/mol. The fourth-order valence-electron chi connectivity index (χ4n) is 2.34. The Hall–Kier alpha value is -0.890. The van der Waals surface area contributed by atoms with Crippen molar-refractivity contribution in [3.05, 3.63) is 30.1 Å². The Bertz CT molecular complexity index is 276. The second-order valence-electron chi connectivity index (χ2n) is 4.20. The van der Waals surface area contributed by atoms with E-state index in [-0.39, 0.29) is 0 Å². The van der Waals surface area contributed by atoms with Gasteiger partial charge in [-0.3, -0.25) is 4.98 Å². The van der Waals surface area contributed by atoms with Crippen LogP contribution in [0.4, 0.5) is 0 Å². The summed E-state index contributed by atoms with van der Waals surface area (Å²) in [6, 6.07) is 4.19. The molecule has 1 fully saturated rings. The molecule has 0 radical (unpaired) electrons. The summed E-state index contributed by atoms with van der Waals surface area (Å²) >= 11 is 0. The lowest BCUT2D eigenvalue weighted by Gasteiger charge is -2.28. The maximum Gasteiger partial charge on any atom is 0.0300 e. The van der Waals surface area contributed by atoms with Crippen LogP contribution < -0.4 is 5.32 Å². The smallest absolute Gasteiger partial charge is 0.0300 e. The molecule has 1 aromatic rings. The summed E-state index contributed by atoms with van der Waals surface area (Å²) in [5.41, 5.74) is 1.70. The minimum Gasteiger partial charge on any atom is -0.311 e. The van der Waals surface area contributed by atoms with Gasteiger partial charge in [-0.05, 0) is 43.9 Å². The van der Waals surface area contributed by atoms with Crippen LogP contribution in [0, 0.1) is 0 Å². The zero-order valence-corrected chi connectivity index (χ0v) is 8.79. The SMILES string of the molecule is CCC1(Cc2cccnc2)CCCN1. The minimum absolute atomic E-state index is 0.350. The monoisotopic (exact) mass is 190 g/mol. The summed E-state index contributed by atoms with van der Waals surface area (Å²) in [6.07, 6.45) is 8.77. The molecule has 0 aromatic carbocycles. The highest BCUT2D eigenvalue weighted by molar-refractivity contribution is 5.14. The standard InChI is InChI=1S/C12H18N2/c1-2-12(6-4-8-14-12)9-11-5-3-7-13-10-11/h3,5,7,10,14H,2,4,6,8-9H2,1H3. The van der Waals surface area contributed by atoms with Crippen molar-refractivity contribution in [3.8, 4) is 0 Å². The summed E-state index contributed by atoms with van der Waals surface area (Å²) in [6.45, 7) is 3.45. The first-order valence-corrected chi connectivity index (χ1v) is 5.49. The minimum atomic E-state index is 0.350. The predicted octanol–water partition coefficient (Wildman–Crippen LogP) is 2.16. The van der Waals surface area contributed by atoms with E-state index < -0.39 is 0 Å². The summed E-state index contributed by atoms with van der Waals surface area (Å²) in [5, 5.41) is 3.64. The third-order valence-corrected chi connectivity index (χ3v) is 3.27. The number of rotatable bonds is 3. The highest BCUT2D eigenvalue weighted by atomic mass is 15.0. The molecule has 1 saturated heterocycles. The van der Waals surface area contributed by atoms with Gasteiger partial charge >= 0.3 is 0 Å². The van der Waals surface area contributed by atoms with Crippen molar-refractivity contribution in [1.82, 2.24) is 10.3 Å². The van der Waals surface area contributed by atoms with Gasteiger partial charge in [0.25, 0.3) is 0 Å². The maximum absolute atomic E-state index is 4.16. The first kappa shape index (κ1) is 9.66. The molecule has 2 heterocycles. The van der Waals surface area contributed by atoms with Gasteiger partial charge in [0.2, 0.25) is 0 Å². The van der Waals surface area contributed by atoms with Crippen LogP contribution in [0.15, 0.2) is 24.5 Å². The zero-order valence-electron chi connectivity index (χ0n) is 8.79. The molecule has 0 saturated carbocycles. The van der Waals surface area contributed by atoms with Crippen LogP contribution in [0.2, 0.25) is 0 Å². The number of hydrogen-bond donors (Lipinski definition) is 1. The van der Waals surface area contributed by atoms with Crippen LogP contribution in [-0.4, -0.2) is 17.1 Å². The molecule has 2 heteroatoms. The van der Waals surface area contributed by atoms with Crippen LogP contribution in [0.5, 0.6) is 0 Å². The second-order valence-corrected chi connectivity index (χ2v) is 4.20. The molecule has 2 rings (SSSR count). The fourth-order valence-corrected chi connectivity index (χ4v) is 2.34. The summed E-state index contributed by atoms with van der Waals surface area (Å²) in [4.78, 5) is 4.16. The van der Waals surface area contributed by atoms with Gasteiger partial charge in [-0.2, -0.15) is 0 Å². The Morgan fingerprint density at radius 3 is 3.07 bits per heavy atom. The van der Waals surface area contributed by atoms with Crippen molar-refractivity contribution in [2.45, 2.75) is 38.1 Å². The van der Waals surface area contributed by atoms with E-state index >= 15 is 0 Å². The number of hydrogen-bond acceptors (Lipinski definition) is 2. The van der Waals surface area contributed by atoms with E-state index in [9.17, 15) is 0 Å². The summed E-state index contributed by atoms with van der Waals surface area (Å²) < 4.78 is 0. The van der Waals surface area contributed by atoms with E-state index in [0.717, 1.165) is 6.42 Å². The van der Waals surface area contributed by atoms with E-state index in [4.69, 9.17) is 0 Å². The normalized spacial score (nSPS) is 26.6. The Morgan fingerprint density at radius 1 is 1.57 bits per heavy atom. The highest BCUT2D eigenvalue weighted by Crippen LogP contribution is 2.26. The molecule has 76 valence electrons. The van der Waals surface area contributed by atoms with Crippen LogP contribution >= 0.6 is 0 Å². The van der Waals surface area contributed by atoms with Gasteiger partial charge in [0.05, 0.1) is 0 Å². The van der Waals surface area contributed by atoms with Crippen molar-refractivity contribution in [1.29, 1.82) is 0 Å².